The van der Waals surface area contributed by atoms with Crippen molar-refractivity contribution in [2.45, 2.75) is 33.2 Å². The fraction of sp³-hybridized carbons (Fsp3) is 0.471. The number of carbonyl (C=O) groups is 2. The van der Waals surface area contributed by atoms with Crippen molar-refractivity contribution < 1.29 is 14.3 Å². The molecule has 1 aliphatic heterocycles. The zero-order chi connectivity index (χ0) is 17.3. The van der Waals surface area contributed by atoms with Crippen LogP contribution in [-0.2, 0) is 9.59 Å². The molecular weight excluding hydrogens is 326 g/mol. The first-order chi connectivity index (χ1) is 11.5. The molecule has 2 heterocycles. The van der Waals surface area contributed by atoms with Crippen molar-refractivity contribution in [3.63, 3.8) is 0 Å². The minimum atomic E-state index is -0.314. The Morgan fingerprint density at radius 2 is 2.29 bits per heavy atom. The molecule has 1 aliphatic rings. The second-order valence-corrected chi connectivity index (χ2v) is 7.14. The maximum absolute atomic E-state index is 12.4. The normalized spacial score (nSPS) is 17.8. The summed E-state index contributed by atoms with van der Waals surface area (Å²) in [4.78, 5) is 30.5. The van der Waals surface area contributed by atoms with Crippen molar-refractivity contribution in [1.29, 1.82) is 0 Å². The van der Waals surface area contributed by atoms with Crippen LogP contribution < -0.4 is 10.1 Å². The molecule has 1 atom stereocenters. The Morgan fingerprint density at radius 3 is 2.96 bits per heavy atom. The van der Waals surface area contributed by atoms with Gasteiger partial charge in [0.25, 0.3) is 0 Å². The van der Waals surface area contributed by atoms with E-state index in [1.807, 2.05) is 39.0 Å². The molecule has 1 aromatic heterocycles. The number of ether oxygens (including phenoxy) is 1. The minimum Gasteiger partial charge on any atom is -0.494 e. The summed E-state index contributed by atoms with van der Waals surface area (Å²) in [7, 11) is 0. The predicted octanol–water partition coefficient (Wildman–Crippen LogP) is 2.89. The van der Waals surface area contributed by atoms with Gasteiger partial charge < -0.3 is 15.0 Å². The molecule has 24 heavy (non-hydrogen) atoms. The number of amides is 2. The number of hydrogen-bond donors (Lipinski definition) is 1. The lowest BCUT2D eigenvalue weighted by molar-refractivity contribution is -0.129. The van der Waals surface area contributed by atoms with Gasteiger partial charge in [-0.3, -0.25) is 9.59 Å². The van der Waals surface area contributed by atoms with Crippen molar-refractivity contribution in [3.05, 3.63) is 18.2 Å². The maximum Gasteiger partial charge on any atom is 0.231 e. The van der Waals surface area contributed by atoms with Crippen LogP contribution in [0, 0.1) is 5.92 Å². The van der Waals surface area contributed by atoms with Gasteiger partial charge in [-0.2, -0.15) is 0 Å². The van der Waals surface area contributed by atoms with E-state index in [9.17, 15) is 9.59 Å². The highest BCUT2D eigenvalue weighted by atomic mass is 32.1. The maximum atomic E-state index is 12.4. The number of nitrogens with zero attached hydrogens (tertiary/aromatic N) is 2. The summed E-state index contributed by atoms with van der Waals surface area (Å²) in [6.45, 7) is 6.94. The van der Waals surface area contributed by atoms with Gasteiger partial charge in [0, 0.05) is 19.0 Å². The quantitative estimate of drug-likeness (QED) is 0.903. The van der Waals surface area contributed by atoms with E-state index in [0.29, 0.717) is 18.3 Å². The van der Waals surface area contributed by atoms with E-state index in [2.05, 4.69) is 10.3 Å². The van der Waals surface area contributed by atoms with Gasteiger partial charge in [-0.05, 0) is 39.0 Å². The first-order valence-corrected chi connectivity index (χ1v) is 8.93. The highest BCUT2D eigenvalue weighted by molar-refractivity contribution is 7.22. The van der Waals surface area contributed by atoms with E-state index >= 15 is 0 Å². The largest absolute Gasteiger partial charge is 0.494 e. The lowest BCUT2D eigenvalue weighted by Gasteiger charge is -2.20. The molecule has 2 amide bonds. The summed E-state index contributed by atoms with van der Waals surface area (Å²) in [6.07, 6.45) is 0.267. The number of thiazole rings is 1. The molecule has 128 valence electrons. The summed E-state index contributed by atoms with van der Waals surface area (Å²) < 4.78 is 6.44. The average molecular weight is 347 g/mol. The number of benzene rings is 1. The zero-order valence-electron chi connectivity index (χ0n) is 14.0. The Labute approximate surface area is 144 Å². The standard InChI is InChI=1S/C17H21N3O3S/c1-4-23-12-5-6-13-14(8-12)24-17(18-13)19-16(22)11-7-15(21)20(9-11)10(2)3/h5-6,8,10-11H,4,7,9H2,1-3H3,(H,18,19,22)/t11-/m0/s1. The second kappa shape index (κ2) is 6.76. The number of fused-ring (bicyclic) bond motifs is 1. The van der Waals surface area contributed by atoms with Gasteiger partial charge in [-0.1, -0.05) is 11.3 Å². The molecule has 0 spiro atoms. The van der Waals surface area contributed by atoms with Crippen molar-refractivity contribution in [1.82, 2.24) is 9.88 Å². The van der Waals surface area contributed by atoms with Crippen LogP contribution in [0.4, 0.5) is 5.13 Å². The number of rotatable bonds is 5. The van der Waals surface area contributed by atoms with Crippen LogP contribution >= 0.6 is 11.3 Å². The van der Waals surface area contributed by atoms with Crippen LogP contribution in [0.25, 0.3) is 10.2 Å². The van der Waals surface area contributed by atoms with E-state index in [4.69, 9.17) is 4.74 Å². The van der Waals surface area contributed by atoms with Crippen molar-refractivity contribution >= 4 is 38.5 Å². The van der Waals surface area contributed by atoms with Crippen molar-refractivity contribution in [3.8, 4) is 5.75 Å². The Kier molecular flexibility index (Phi) is 4.71. The molecule has 0 radical (unpaired) electrons. The molecule has 3 rings (SSSR count). The van der Waals surface area contributed by atoms with Gasteiger partial charge in [-0.25, -0.2) is 4.98 Å². The first kappa shape index (κ1) is 16.7. The van der Waals surface area contributed by atoms with Gasteiger partial charge >= 0.3 is 0 Å². The smallest absolute Gasteiger partial charge is 0.231 e. The first-order valence-electron chi connectivity index (χ1n) is 8.11. The number of aromatic nitrogens is 1. The van der Waals surface area contributed by atoms with Gasteiger partial charge in [-0.15, -0.1) is 0 Å². The molecule has 7 heteroatoms. The highest BCUT2D eigenvalue weighted by Crippen LogP contribution is 2.30. The van der Waals surface area contributed by atoms with Gasteiger partial charge in [0.15, 0.2) is 5.13 Å². The molecular formula is C17H21N3O3S. The van der Waals surface area contributed by atoms with E-state index < -0.39 is 0 Å². The lowest BCUT2D eigenvalue weighted by atomic mass is 10.1. The lowest BCUT2D eigenvalue weighted by Crippen LogP contribution is -2.33. The van der Waals surface area contributed by atoms with Crippen LogP contribution in [0.3, 0.4) is 0 Å². The minimum absolute atomic E-state index is 0.0378. The predicted molar refractivity (Wildman–Crippen MR) is 94.4 cm³/mol. The summed E-state index contributed by atoms with van der Waals surface area (Å²) in [5.41, 5.74) is 0.824. The van der Waals surface area contributed by atoms with Crippen LogP contribution in [0.2, 0.25) is 0 Å². The number of nitrogens with one attached hydrogen (secondary N) is 1. The van der Waals surface area contributed by atoms with Crippen LogP contribution in [-0.4, -0.2) is 40.9 Å². The van der Waals surface area contributed by atoms with Gasteiger partial charge in [0.05, 0.1) is 22.7 Å². The fourth-order valence-corrected chi connectivity index (χ4v) is 3.73. The third kappa shape index (κ3) is 3.36. The number of hydrogen-bond acceptors (Lipinski definition) is 5. The Balaban J connectivity index is 1.70. The molecule has 0 unspecified atom stereocenters. The van der Waals surface area contributed by atoms with Gasteiger partial charge in [0.1, 0.15) is 5.75 Å². The highest BCUT2D eigenvalue weighted by Gasteiger charge is 2.35. The topological polar surface area (TPSA) is 71.5 Å². The third-order valence-corrected chi connectivity index (χ3v) is 4.99. The number of carbonyl (C=O) groups excluding carboxylic acids is 2. The molecule has 0 aliphatic carbocycles. The third-order valence-electron chi connectivity index (χ3n) is 4.05. The fourth-order valence-electron chi connectivity index (χ4n) is 2.83. The van der Waals surface area contributed by atoms with Gasteiger partial charge in [0.2, 0.25) is 11.8 Å². The monoisotopic (exact) mass is 347 g/mol. The van der Waals surface area contributed by atoms with Crippen LogP contribution in [0.5, 0.6) is 5.75 Å². The molecule has 1 N–H and O–H groups in total. The molecule has 1 saturated heterocycles. The van der Waals surface area contributed by atoms with E-state index in [-0.39, 0.29) is 30.2 Å². The molecule has 1 fully saturated rings. The zero-order valence-corrected chi connectivity index (χ0v) is 14.9. The molecule has 0 bridgehead atoms. The molecule has 6 nitrogen and oxygen atoms in total. The van der Waals surface area contributed by atoms with Crippen LogP contribution in [0.1, 0.15) is 27.2 Å². The van der Waals surface area contributed by atoms with Crippen molar-refractivity contribution in [2.24, 2.45) is 5.92 Å². The molecule has 1 aromatic carbocycles. The Bertz CT molecular complexity index is 772. The summed E-state index contributed by atoms with van der Waals surface area (Å²) >= 11 is 1.41. The Hall–Kier alpha value is -2.15. The average Bonchev–Trinajstić information content (AvgIpc) is 3.10. The summed E-state index contributed by atoms with van der Waals surface area (Å²) in [5.74, 6) is 0.373. The second-order valence-electron chi connectivity index (χ2n) is 6.11. The van der Waals surface area contributed by atoms with E-state index in [1.165, 1.54) is 11.3 Å². The van der Waals surface area contributed by atoms with E-state index in [1.54, 1.807) is 4.90 Å². The van der Waals surface area contributed by atoms with Crippen LogP contribution in [0.15, 0.2) is 18.2 Å². The molecule has 2 aromatic rings. The summed E-state index contributed by atoms with van der Waals surface area (Å²) in [6, 6.07) is 5.79. The summed E-state index contributed by atoms with van der Waals surface area (Å²) in [5, 5.41) is 3.41. The molecule has 0 saturated carbocycles. The SMILES string of the molecule is CCOc1ccc2nc(NC(=O)[C@H]3CC(=O)N(C(C)C)C3)sc2c1. The van der Waals surface area contributed by atoms with Crippen molar-refractivity contribution in [2.75, 3.05) is 18.5 Å². The number of likely N-dealkylation sites (tertiary alicyclic amines) is 1. The number of anilines is 1. The Morgan fingerprint density at radius 1 is 1.50 bits per heavy atom. The van der Waals surface area contributed by atoms with E-state index in [0.717, 1.165) is 16.0 Å².